The van der Waals surface area contributed by atoms with Crippen LogP contribution in [0.5, 0.6) is 0 Å². The number of nitrogens with zero attached hydrogens (tertiary/aromatic N) is 2. The summed E-state index contributed by atoms with van der Waals surface area (Å²) in [6.07, 6.45) is 3.66. The van der Waals surface area contributed by atoms with E-state index in [2.05, 4.69) is 32.5 Å². The molecule has 10 heavy (non-hydrogen) atoms. The lowest BCUT2D eigenvalue weighted by Gasteiger charge is -2.12. The number of aromatic nitrogens is 1. The highest BCUT2D eigenvalue weighted by atomic mass is 127. The third-order valence-electron chi connectivity index (χ3n) is 1.23. The van der Waals surface area contributed by atoms with E-state index in [4.69, 9.17) is 0 Å². The quantitative estimate of drug-likeness (QED) is 0.704. The molecule has 1 rings (SSSR count). The van der Waals surface area contributed by atoms with Gasteiger partial charge in [0.05, 0.1) is 11.9 Å². The van der Waals surface area contributed by atoms with Crippen molar-refractivity contribution in [2.75, 3.05) is 19.0 Å². The zero-order valence-corrected chi connectivity index (χ0v) is 8.16. The van der Waals surface area contributed by atoms with Crippen LogP contribution in [0, 0.1) is 3.57 Å². The highest BCUT2D eigenvalue weighted by molar-refractivity contribution is 14.1. The van der Waals surface area contributed by atoms with Crippen LogP contribution in [0.15, 0.2) is 18.5 Å². The Hall–Kier alpha value is -0.320. The molecule has 0 amide bonds. The minimum absolute atomic E-state index is 1.17. The molecule has 0 atom stereocenters. The molecule has 0 aliphatic heterocycles. The molecule has 1 aromatic heterocycles. The minimum Gasteiger partial charge on any atom is -0.376 e. The molecule has 0 aromatic carbocycles. The monoisotopic (exact) mass is 248 g/mol. The van der Waals surface area contributed by atoms with Crippen molar-refractivity contribution in [2.24, 2.45) is 0 Å². The molecular weight excluding hydrogens is 239 g/mol. The summed E-state index contributed by atoms with van der Waals surface area (Å²) in [4.78, 5) is 6.07. The van der Waals surface area contributed by atoms with Crippen molar-refractivity contribution in [1.82, 2.24) is 4.98 Å². The average Bonchev–Trinajstić information content (AvgIpc) is 1.88. The molecule has 0 aliphatic carbocycles. The van der Waals surface area contributed by atoms with Gasteiger partial charge < -0.3 is 4.90 Å². The van der Waals surface area contributed by atoms with E-state index in [0.717, 1.165) is 0 Å². The van der Waals surface area contributed by atoms with Crippen LogP contribution < -0.4 is 4.90 Å². The lowest BCUT2D eigenvalue weighted by atomic mass is 10.4. The molecule has 54 valence electrons. The highest BCUT2D eigenvalue weighted by Crippen LogP contribution is 2.17. The van der Waals surface area contributed by atoms with Crippen LogP contribution in [0.3, 0.4) is 0 Å². The standard InChI is InChI=1S/C7H9IN2/c1-10(2)7-5-9-4-3-6(7)8/h3-5H,1-2H3. The number of halogens is 1. The van der Waals surface area contributed by atoms with Crippen molar-refractivity contribution < 1.29 is 0 Å². The van der Waals surface area contributed by atoms with Gasteiger partial charge in [-0.25, -0.2) is 0 Å². The molecular formula is C7H9IN2. The molecule has 0 radical (unpaired) electrons. The van der Waals surface area contributed by atoms with Gasteiger partial charge in [-0.15, -0.1) is 0 Å². The number of pyridine rings is 1. The number of rotatable bonds is 1. The summed E-state index contributed by atoms with van der Waals surface area (Å²) in [5, 5.41) is 0. The van der Waals surface area contributed by atoms with Crippen molar-refractivity contribution in [3.8, 4) is 0 Å². The zero-order valence-electron chi connectivity index (χ0n) is 6.00. The molecule has 0 fully saturated rings. The first-order valence-corrected chi connectivity index (χ1v) is 4.06. The number of anilines is 1. The fraction of sp³-hybridized carbons (Fsp3) is 0.286. The van der Waals surface area contributed by atoms with E-state index in [1.807, 2.05) is 26.4 Å². The Bertz CT molecular complexity index is 223. The van der Waals surface area contributed by atoms with Gasteiger partial charge in [0.1, 0.15) is 0 Å². The topological polar surface area (TPSA) is 16.1 Å². The van der Waals surface area contributed by atoms with E-state index in [1.54, 1.807) is 6.20 Å². The zero-order chi connectivity index (χ0) is 7.56. The SMILES string of the molecule is CN(C)c1cnccc1I. The Labute approximate surface area is 74.4 Å². The van der Waals surface area contributed by atoms with Crippen LogP contribution >= 0.6 is 22.6 Å². The molecule has 2 nitrogen and oxygen atoms in total. The highest BCUT2D eigenvalue weighted by Gasteiger charge is 1.98. The molecule has 0 bridgehead atoms. The summed E-state index contributed by atoms with van der Waals surface area (Å²) in [6.45, 7) is 0. The van der Waals surface area contributed by atoms with Crippen LogP contribution in [0.1, 0.15) is 0 Å². The summed E-state index contributed by atoms with van der Waals surface area (Å²) in [7, 11) is 4.03. The Morgan fingerprint density at radius 3 is 2.60 bits per heavy atom. The van der Waals surface area contributed by atoms with Crippen molar-refractivity contribution in [1.29, 1.82) is 0 Å². The molecule has 3 heteroatoms. The number of hydrogen-bond acceptors (Lipinski definition) is 2. The fourth-order valence-electron chi connectivity index (χ4n) is 0.698. The van der Waals surface area contributed by atoms with Gasteiger partial charge in [0.2, 0.25) is 0 Å². The van der Waals surface area contributed by atoms with Crippen LogP contribution in [-0.4, -0.2) is 19.1 Å². The van der Waals surface area contributed by atoms with Crippen molar-refractivity contribution in [3.05, 3.63) is 22.0 Å². The Kier molecular flexibility index (Phi) is 2.48. The Morgan fingerprint density at radius 1 is 1.50 bits per heavy atom. The second-order valence-corrected chi connectivity index (χ2v) is 3.38. The first kappa shape index (κ1) is 7.78. The predicted molar refractivity (Wildman–Crippen MR) is 51.3 cm³/mol. The summed E-state index contributed by atoms with van der Waals surface area (Å²) in [6, 6.07) is 2.00. The summed E-state index contributed by atoms with van der Waals surface area (Å²) < 4.78 is 1.23. The Morgan fingerprint density at radius 2 is 2.20 bits per heavy atom. The average molecular weight is 248 g/mol. The molecule has 0 N–H and O–H groups in total. The second-order valence-electron chi connectivity index (χ2n) is 2.22. The van der Waals surface area contributed by atoms with E-state index in [1.165, 1.54) is 9.26 Å². The first-order chi connectivity index (χ1) is 4.72. The fourth-order valence-corrected chi connectivity index (χ4v) is 1.48. The molecule has 0 saturated heterocycles. The van der Waals surface area contributed by atoms with E-state index < -0.39 is 0 Å². The van der Waals surface area contributed by atoms with Crippen LogP contribution in [-0.2, 0) is 0 Å². The van der Waals surface area contributed by atoms with Gasteiger partial charge in [0, 0.05) is 23.9 Å². The summed E-state index contributed by atoms with van der Waals surface area (Å²) in [5.41, 5.74) is 1.17. The van der Waals surface area contributed by atoms with Crippen molar-refractivity contribution in [2.45, 2.75) is 0 Å². The van der Waals surface area contributed by atoms with E-state index in [-0.39, 0.29) is 0 Å². The third kappa shape index (κ3) is 1.59. The van der Waals surface area contributed by atoms with Gasteiger partial charge in [-0.1, -0.05) is 0 Å². The third-order valence-corrected chi connectivity index (χ3v) is 2.14. The maximum Gasteiger partial charge on any atom is 0.0683 e. The van der Waals surface area contributed by atoms with Gasteiger partial charge in [-0.2, -0.15) is 0 Å². The lowest BCUT2D eigenvalue weighted by molar-refractivity contribution is 1.10. The van der Waals surface area contributed by atoms with Crippen LogP contribution in [0.25, 0.3) is 0 Å². The van der Waals surface area contributed by atoms with E-state index in [9.17, 15) is 0 Å². The normalized spacial score (nSPS) is 9.50. The largest absolute Gasteiger partial charge is 0.376 e. The summed E-state index contributed by atoms with van der Waals surface area (Å²) in [5.74, 6) is 0. The Balaban J connectivity index is 3.03. The number of hydrogen-bond donors (Lipinski definition) is 0. The van der Waals surface area contributed by atoms with E-state index in [0.29, 0.717) is 0 Å². The molecule has 0 aliphatic rings. The molecule has 0 unspecified atom stereocenters. The first-order valence-electron chi connectivity index (χ1n) is 2.98. The second kappa shape index (κ2) is 3.18. The maximum atomic E-state index is 4.02. The van der Waals surface area contributed by atoms with Gasteiger partial charge in [0.15, 0.2) is 0 Å². The van der Waals surface area contributed by atoms with E-state index >= 15 is 0 Å². The molecule has 1 aromatic rings. The van der Waals surface area contributed by atoms with Crippen molar-refractivity contribution in [3.63, 3.8) is 0 Å². The molecule has 0 spiro atoms. The van der Waals surface area contributed by atoms with Gasteiger partial charge in [0.25, 0.3) is 0 Å². The van der Waals surface area contributed by atoms with Crippen LogP contribution in [0.2, 0.25) is 0 Å². The van der Waals surface area contributed by atoms with Crippen LogP contribution in [0.4, 0.5) is 5.69 Å². The molecule has 0 saturated carbocycles. The summed E-state index contributed by atoms with van der Waals surface area (Å²) >= 11 is 2.29. The predicted octanol–water partition coefficient (Wildman–Crippen LogP) is 1.75. The lowest BCUT2D eigenvalue weighted by Crippen LogP contribution is -2.10. The smallest absolute Gasteiger partial charge is 0.0683 e. The minimum atomic E-state index is 1.17. The molecule has 1 heterocycles. The van der Waals surface area contributed by atoms with Gasteiger partial charge >= 0.3 is 0 Å². The van der Waals surface area contributed by atoms with Gasteiger partial charge in [-0.3, -0.25) is 4.98 Å². The maximum absolute atomic E-state index is 4.02. The van der Waals surface area contributed by atoms with Crippen molar-refractivity contribution >= 4 is 28.3 Å². The van der Waals surface area contributed by atoms with Gasteiger partial charge in [-0.05, 0) is 28.7 Å².